The Labute approximate surface area is 175 Å². The Bertz CT molecular complexity index is 1010. The fourth-order valence-corrected chi connectivity index (χ4v) is 3.79. The van der Waals surface area contributed by atoms with E-state index >= 15 is 0 Å². The highest BCUT2D eigenvalue weighted by Crippen LogP contribution is 2.36. The van der Waals surface area contributed by atoms with E-state index in [1.807, 2.05) is 31.2 Å². The van der Waals surface area contributed by atoms with Crippen LogP contribution in [-0.2, 0) is 11.2 Å². The van der Waals surface area contributed by atoms with Crippen molar-refractivity contribution in [3.8, 4) is 23.1 Å². The van der Waals surface area contributed by atoms with Crippen LogP contribution in [0.4, 0.5) is 0 Å². The van der Waals surface area contributed by atoms with Gasteiger partial charge in [0, 0.05) is 23.6 Å². The Balaban J connectivity index is 1.44. The van der Waals surface area contributed by atoms with E-state index in [0.29, 0.717) is 22.5 Å². The van der Waals surface area contributed by atoms with Gasteiger partial charge in [0.2, 0.25) is 12.7 Å². The first-order chi connectivity index (χ1) is 13.9. The van der Waals surface area contributed by atoms with Crippen LogP contribution >= 0.6 is 11.8 Å². The minimum absolute atomic E-state index is 0.159. The van der Waals surface area contributed by atoms with Gasteiger partial charge in [-0.2, -0.15) is 4.98 Å². The second-order valence-corrected chi connectivity index (χ2v) is 8.93. The molecule has 6 heteroatoms. The molecule has 0 unspecified atom stereocenters. The van der Waals surface area contributed by atoms with Gasteiger partial charge < -0.3 is 14.2 Å². The third-order valence-electron chi connectivity index (χ3n) is 4.56. The Kier molecular flexibility index (Phi) is 5.37. The molecule has 2 aromatic carbocycles. The van der Waals surface area contributed by atoms with Gasteiger partial charge in [-0.15, -0.1) is 0 Å². The molecule has 0 fully saturated rings. The smallest absolute Gasteiger partial charge is 0.231 e. The molecule has 1 aromatic heterocycles. The van der Waals surface area contributed by atoms with Gasteiger partial charge >= 0.3 is 0 Å². The third kappa shape index (κ3) is 4.82. The van der Waals surface area contributed by atoms with Crippen LogP contribution in [0.15, 0.2) is 53.7 Å². The molecule has 0 bridgehead atoms. The number of thioether (sulfide) groups is 1. The first-order valence-electron chi connectivity index (χ1n) is 9.52. The van der Waals surface area contributed by atoms with Gasteiger partial charge in [-0.25, -0.2) is 4.98 Å². The number of ether oxygens (including phenoxy) is 3. The van der Waals surface area contributed by atoms with E-state index < -0.39 is 0 Å². The average Bonchev–Trinajstić information content (AvgIpc) is 3.13. The van der Waals surface area contributed by atoms with Crippen LogP contribution in [0.25, 0.3) is 0 Å². The van der Waals surface area contributed by atoms with Gasteiger partial charge in [0.15, 0.2) is 16.7 Å². The Hall–Kier alpha value is -2.73. The molecule has 0 radical (unpaired) electrons. The van der Waals surface area contributed by atoms with Crippen molar-refractivity contribution in [2.45, 2.75) is 44.0 Å². The highest BCUT2D eigenvalue weighted by atomic mass is 32.2. The molecule has 4 rings (SSSR count). The van der Waals surface area contributed by atoms with Crippen LogP contribution < -0.4 is 14.2 Å². The van der Waals surface area contributed by atoms with Crippen molar-refractivity contribution in [3.63, 3.8) is 0 Å². The van der Waals surface area contributed by atoms with E-state index in [9.17, 15) is 0 Å². The molecule has 5 nitrogen and oxygen atoms in total. The summed E-state index contributed by atoms with van der Waals surface area (Å²) in [6.45, 7) is 8.84. The fraction of sp³-hybridized carbons (Fsp3) is 0.304. The standard InChI is InChI=1S/C23H24N2O3S/c1-15-11-21(28-18-9-10-19-20(12-18)27-14-26-19)25-22(24-15)29-13-16-5-7-17(8-6-16)23(2,3)4/h5-12H,13-14H2,1-4H3. The summed E-state index contributed by atoms with van der Waals surface area (Å²) in [6.07, 6.45) is 0. The first kappa shape index (κ1) is 19.6. The maximum Gasteiger partial charge on any atom is 0.231 e. The van der Waals surface area contributed by atoms with Crippen LogP contribution in [-0.4, -0.2) is 16.8 Å². The van der Waals surface area contributed by atoms with Crippen molar-refractivity contribution in [3.05, 3.63) is 65.4 Å². The Morgan fingerprint density at radius 2 is 1.72 bits per heavy atom. The van der Waals surface area contributed by atoms with Crippen molar-refractivity contribution in [2.75, 3.05) is 6.79 Å². The average molecular weight is 409 g/mol. The molecule has 29 heavy (non-hydrogen) atoms. The molecule has 1 aliphatic heterocycles. The van der Waals surface area contributed by atoms with E-state index in [4.69, 9.17) is 14.2 Å². The summed E-state index contributed by atoms with van der Waals surface area (Å²) >= 11 is 1.60. The number of rotatable bonds is 5. The highest BCUT2D eigenvalue weighted by Gasteiger charge is 2.15. The number of benzene rings is 2. The topological polar surface area (TPSA) is 53.5 Å². The predicted octanol–water partition coefficient (Wildman–Crippen LogP) is 5.90. The Morgan fingerprint density at radius 3 is 2.48 bits per heavy atom. The van der Waals surface area contributed by atoms with Crippen molar-refractivity contribution in [1.29, 1.82) is 0 Å². The van der Waals surface area contributed by atoms with E-state index in [1.54, 1.807) is 11.8 Å². The molecule has 0 aliphatic carbocycles. The molecule has 150 valence electrons. The lowest BCUT2D eigenvalue weighted by Crippen LogP contribution is -2.10. The lowest BCUT2D eigenvalue weighted by Gasteiger charge is -2.19. The maximum atomic E-state index is 5.93. The van der Waals surface area contributed by atoms with Crippen LogP contribution in [0.5, 0.6) is 23.1 Å². The number of nitrogens with zero attached hydrogens (tertiary/aromatic N) is 2. The van der Waals surface area contributed by atoms with Crippen molar-refractivity contribution in [2.24, 2.45) is 0 Å². The molecule has 0 amide bonds. The maximum absolute atomic E-state index is 5.93. The quantitative estimate of drug-likeness (QED) is 0.387. The van der Waals surface area contributed by atoms with Crippen LogP contribution in [0, 0.1) is 6.92 Å². The second-order valence-electron chi connectivity index (χ2n) is 7.98. The third-order valence-corrected chi connectivity index (χ3v) is 5.48. The SMILES string of the molecule is Cc1cc(Oc2ccc3c(c2)OCO3)nc(SCc2ccc(C(C)(C)C)cc2)n1. The second kappa shape index (κ2) is 7.95. The molecule has 3 aromatic rings. The summed E-state index contributed by atoms with van der Waals surface area (Å²) in [4.78, 5) is 9.08. The lowest BCUT2D eigenvalue weighted by molar-refractivity contribution is 0.174. The normalized spacial score (nSPS) is 12.8. The summed E-state index contributed by atoms with van der Waals surface area (Å²) < 4.78 is 16.7. The summed E-state index contributed by atoms with van der Waals surface area (Å²) in [5.41, 5.74) is 3.59. The van der Waals surface area contributed by atoms with Crippen molar-refractivity contribution < 1.29 is 14.2 Å². The molecule has 0 spiro atoms. The van der Waals surface area contributed by atoms with E-state index in [1.165, 1.54) is 11.1 Å². The van der Waals surface area contributed by atoms with Gasteiger partial charge in [0.25, 0.3) is 0 Å². The van der Waals surface area contributed by atoms with Crippen LogP contribution in [0.1, 0.15) is 37.6 Å². The van der Waals surface area contributed by atoms with Crippen LogP contribution in [0.3, 0.4) is 0 Å². The summed E-state index contributed by atoms with van der Waals surface area (Å²) in [6, 6.07) is 16.1. The molecular weight excluding hydrogens is 384 g/mol. The Morgan fingerprint density at radius 1 is 0.966 bits per heavy atom. The summed E-state index contributed by atoms with van der Waals surface area (Å²) in [7, 11) is 0. The first-order valence-corrected chi connectivity index (χ1v) is 10.5. The van der Waals surface area contributed by atoms with Gasteiger partial charge in [-0.1, -0.05) is 56.8 Å². The minimum Gasteiger partial charge on any atom is -0.454 e. The van der Waals surface area contributed by atoms with Crippen molar-refractivity contribution >= 4 is 11.8 Å². The van der Waals surface area contributed by atoms with Gasteiger partial charge in [-0.3, -0.25) is 0 Å². The van der Waals surface area contributed by atoms with Gasteiger partial charge in [0.1, 0.15) is 5.75 Å². The lowest BCUT2D eigenvalue weighted by atomic mass is 9.87. The number of aryl methyl sites for hydroxylation is 1. The van der Waals surface area contributed by atoms with E-state index in [2.05, 4.69) is 55.0 Å². The number of hydrogen-bond donors (Lipinski definition) is 0. The zero-order valence-corrected chi connectivity index (χ0v) is 17.9. The summed E-state index contributed by atoms with van der Waals surface area (Å²) in [5, 5.41) is 0.695. The zero-order chi connectivity index (χ0) is 20.4. The molecule has 0 saturated carbocycles. The highest BCUT2D eigenvalue weighted by molar-refractivity contribution is 7.98. The molecule has 0 N–H and O–H groups in total. The summed E-state index contributed by atoms with van der Waals surface area (Å²) in [5.74, 6) is 3.38. The minimum atomic E-state index is 0.159. The van der Waals surface area contributed by atoms with Gasteiger partial charge in [0.05, 0.1) is 0 Å². The molecular formula is C23H24N2O3S. The molecule has 0 atom stereocenters. The number of fused-ring (bicyclic) bond motifs is 1. The molecule has 2 heterocycles. The van der Waals surface area contributed by atoms with E-state index in [-0.39, 0.29) is 12.2 Å². The van der Waals surface area contributed by atoms with Crippen molar-refractivity contribution in [1.82, 2.24) is 9.97 Å². The largest absolute Gasteiger partial charge is 0.454 e. The predicted molar refractivity (Wildman–Crippen MR) is 114 cm³/mol. The zero-order valence-electron chi connectivity index (χ0n) is 17.1. The number of hydrogen-bond acceptors (Lipinski definition) is 6. The fourth-order valence-electron chi connectivity index (χ4n) is 2.94. The molecule has 0 saturated heterocycles. The van der Waals surface area contributed by atoms with Crippen LogP contribution in [0.2, 0.25) is 0 Å². The molecule has 1 aliphatic rings. The van der Waals surface area contributed by atoms with Gasteiger partial charge in [-0.05, 0) is 35.6 Å². The number of aromatic nitrogens is 2. The van der Waals surface area contributed by atoms with E-state index in [0.717, 1.165) is 17.2 Å². The monoisotopic (exact) mass is 408 g/mol.